The fraction of sp³-hybridized carbons (Fsp3) is 0.636. The van der Waals surface area contributed by atoms with Gasteiger partial charge in [-0.3, -0.25) is 23.2 Å². The van der Waals surface area contributed by atoms with Crippen LogP contribution in [-0.4, -0.2) is 81.6 Å². The minimum Gasteiger partial charge on any atom is -0.462 e. The molecule has 0 bridgehead atoms. The fourth-order valence-corrected chi connectivity index (χ4v) is 6.25. The van der Waals surface area contributed by atoms with Gasteiger partial charge >= 0.3 is 27.6 Å². The second kappa shape index (κ2) is 39.1. The number of esters is 2. The Morgan fingerprint density at radius 1 is 0.567 bits per heavy atom. The molecule has 0 aliphatic rings. The molecule has 14 nitrogen and oxygen atoms in total. The summed E-state index contributed by atoms with van der Waals surface area (Å²) in [6, 6.07) is 0. The number of carbonyl (C=O) groups excluding carboxylic acids is 2. The van der Waals surface area contributed by atoms with Crippen LogP contribution in [0.15, 0.2) is 85.1 Å². The number of aliphatic hydroxyl groups excluding tert-OH is 2. The predicted molar refractivity (Wildman–Crippen MR) is 236 cm³/mol. The third kappa shape index (κ3) is 42.0. The van der Waals surface area contributed by atoms with Crippen molar-refractivity contribution in [3.8, 4) is 0 Å². The van der Waals surface area contributed by atoms with Gasteiger partial charge in [-0.2, -0.15) is 0 Å². The van der Waals surface area contributed by atoms with Gasteiger partial charge in [0.25, 0.3) is 0 Å². The van der Waals surface area contributed by atoms with Crippen LogP contribution in [0, 0.1) is 0 Å². The maximum absolute atomic E-state index is 12.6. The molecule has 0 rings (SSSR count). The third-order valence-electron chi connectivity index (χ3n) is 8.36. The highest BCUT2D eigenvalue weighted by Crippen LogP contribution is 2.43. The Morgan fingerprint density at radius 2 is 1.12 bits per heavy atom. The van der Waals surface area contributed by atoms with Gasteiger partial charge in [0.1, 0.15) is 12.7 Å². The molecule has 2 unspecified atom stereocenters. The molecule has 60 heavy (non-hydrogen) atoms. The van der Waals surface area contributed by atoms with E-state index >= 15 is 0 Å². The topological polar surface area (TPSA) is 216 Å². The van der Waals surface area contributed by atoms with E-state index in [1.54, 1.807) is 6.08 Å². The largest absolute Gasteiger partial charge is 0.472 e. The molecule has 0 saturated heterocycles. The first-order valence-corrected chi connectivity index (χ1v) is 24.4. The number of ether oxygens (including phenoxy) is 2. The van der Waals surface area contributed by atoms with E-state index in [2.05, 4.69) is 40.3 Å². The van der Waals surface area contributed by atoms with Gasteiger partial charge in [-0.25, -0.2) is 9.13 Å². The molecule has 0 spiro atoms. The lowest BCUT2D eigenvalue weighted by molar-refractivity contribution is -0.161. The summed E-state index contributed by atoms with van der Waals surface area (Å²) in [6.45, 7) is 1.39. The molecule has 0 fully saturated rings. The van der Waals surface area contributed by atoms with Gasteiger partial charge in [0.2, 0.25) is 0 Å². The Kier molecular flexibility index (Phi) is 37.3. The molecule has 0 aromatic carbocycles. The molecule has 4 atom stereocenters. The van der Waals surface area contributed by atoms with Crippen molar-refractivity contribution in [3.05, 3.63) is 85.1 Å². The van der Waals surface area contributed by atoms with Crippen LogP contribution in [0.4, 0.5) is 0 Å². The Morgan fingerprint density at radius 3 is 1.80 bits per heavy atom. The normalized spacial score (nSPS) is 15.4. The Labute approximate surface area is 359 Å². The molecule has 344 valence electrons. The van der Waals surface area contributed by atoms with Crippen LogP contribution in [0.25, 0.3) is 0 Å². The minimum atomic E-state index is -4.88. The van der Waals surface area contributed by atoms with Crippen molar-refractivity contribution in [1.29, 1.82) is 0 Å². The lowest BCUT2D eigenvalue weighted by Crippen LogP contribution is -2.29. The quantitative estimate of drug-likeness (QED) is 0.0128. The van der Waals surface area contributed by atoms with E-state index in [1.165, 1.54) is 25.7 Å². The number of phosphoric ester groups is 2. The summed E-state index contributed by atoms with van der Waals surface area (Å²) in [7, 11) is -9.72. The van der Waals surface area contributed by atoms with E-state index in [1.807, 2.05) is 61.6 Å². The zero-order valence-corrected chi connectivity index (χ0v) is 37.7. The van der Waals surface area contributed by atoms with E-state index in [9.17, 15) is 33.8 Å². The average molecular weight is 889 g/mol. The SMILES string of the molecule is CC/C=C\C(O)C/C=C/C=C\C/C=C\C/C=C\CCCC(=O)O[C@H](COC(=O)CCCCCCC/C=C\C=C/CCCCCC)COP(=O)(O)OC[C@@H](O)COP(=O)(O)O. The third-order valence-corrected chi connectivity index (χ3v) is 9.80. The second-order valence-corrected chi connectivity index (χ2v) is 16.8. The molecular formula is C44H74O14P2. The second-order valence-electron chi connectivity index (χ2n) is 14.1. The van der Waals surface area contributed by atoms with Gasteiger partial charge in [0.15, 0.2) is 6.10 Å². The molecule has 0 heterocycles. The number of allylic oxidation sites excluding steroid dienone is 12. The first-order valence-electron chi connectivity index (χ1n) is 21.4. The molecule has 0 aromatic rings. The summed E-state index contributed by atoms with van der Waals surface area (Å²) in [6.07, 6.45) is 40.7. The van der Waals surface area contributed by atoms with Crippen molar-refractivity contribution in [3.63, 3.8) is 0 Å². The number of hydrogen-bond acceptors (Lipinski definition) is 11. The van der Waals surface area contributed by atoms with Crippen LogP contribution in [-0.2, 0) is 41.8 Å². The Hall–Kier alpha value is -2.74. The van der Waals surface area contributed by atoms with Gasteiger partial charge in [-0.15, -0.1) is 0 Å². The molecule has 0 radical (unpaired) electrons. The van der Waals surface area contributed by atoms with E-state index in [0.717, 1.165) is 57.8 Å². The van der Waals surface area contributed by atoms with Crippen LogP contribution in [0.3, 0.4) is 0 Å². The minimum absolute atomic E-state index is 0.0273. The maximum atomic E-state index is 12.6. The van der Waals surface area contributed by atoms with Gasteiger partial charge in [0.05, 0.1) is 25.9 Å². The predicted octanol–water partition coefficient (Wildman–Crippen LogP) is 9.75. The van der Waals surface area contributed by atoms with Crippen molar-refractivity contribution < 1.29 is 66.7 Å². The van der Waals surface area contributed by atoms with Crippen molar-refractivity contribution in [1.82, 2.24) is 0 Å². The van der Waals surface area contributed by atoms with Crippen molar-refractivity contribution >= 4 is 27.6 Å². The highest BCUT2D eigenvalue weighted by atomic mass is 31.2. The number of unbranched alkanes of at least 4 members (excludes halogenated alkanes) is 10. The summed E-state index contributed by atoms with van der Waals surface area (Å²) < 4.78 is 47.6. The van der Waals surface area contributed by atoms with E-state index < -0.39 is 72.3 Å². The number of rotatable bonds is 39. The monoisotopic (exact) mass is 888 g/mol. The first kappa shape index (κ1) is 57.3. The molecule has 0 aliphatic carbocycles. The molecule has 0 amide bonds. The van der Waals surface area contributed by atoms with Crippen molar-refractivity contribution in [2.45, 2.75) is 154 Å². The summed E-state index contributed by atoms with van der Waals surface area (Å²) in [5.74, 6) is -1.15. The zero-order valence-electron chi connectivity index (χ0n) is 35.9. The average Bonchev–Trinajstić information content (AvgIpc) is 3.20. The van der Waals surface area contributed by atoms with Crippen LogP contribution < -0.4 is 0 Å². The number of hydrogen-bond donors (Lipinski definition) is 5. The number of carbonyl (C=O) groups is 2. The number of phosphoric acid groups is 2. The van der Waals surface area contributed by atoms with Crippen molar-refractivity contribution in [2.24, 2.45) is 0 Å². The maximum Gasteiger partial charge on any atom is 0.472 e. The molecule has 0 aromatic heterocycles. The Bertz CT molecular complexity index is 1400. The van der Waals surface area contributed by atoms with Gasteiger partial charge in [-0.1, -0.05) is 137 Å². The van der Waals surface area contributed by atoms with E-state index in [-0.39, 0.29) is 12.8 Å². The highest BCUT2D eigenvalue weighted by Gasteiger charge is 2.28. The van der Waals surface area contributed by atoms with E-state index in [4.69, 9.17) is 23.8 Å². The lowest BCUT2D eigenvalue weighted by Gasteiger charge is -2.20. The molecule has 0 saturated carbocycles. The summed E-state index contributed by atoms with van der Waals surface area (Å²) in [5.41, 5.74) is 0. The Balaban J connectivity index is 4.71. The molecule has 5 N–H and O–H groups in total. The van der Waals surface area contributed by atoms with Crippen LogP contribution in [0.1, 0.15) is 136 Å². The molecule has 16 heteroatoms. The summed E-state index contributed by atoms with van der Waals surface area (Å²) >= 11 is 0. The fourth-order valence-electron chi connectivity index (χ4n) is 5.10. The smallest absolute Gasteiger partial charge is 0.462 e. The zero-order chi connectivity index (χ0) is 44.6. The lowest BCUT2D eigenvalue weighted by atomic mass is 10.1. The van der Waals surface area contributed by atoms with Gasteiger partial charge in [0, 0.05) is 12.8 Å². The van der Waals surface area contributed by atoms with Gasteiger partial charge < -0.3 is 34.4 Å². The molecule has 0 aliphatic heterocycles. The van der Waals surface area contributed by atoms with E-state index in [0.29, 0.717) is 25.7 Å². The van der Waals surface area contributed by atoms with Crippen LogP contribution in [0.5, 0.6) is 0 Å². The van der Waals surface area contributed by atoms with Crippen LogP contribution in [0.2, 0.25) is 0 Å². The van der Waals surface area contributed by atoms with Crippen molar-refractivity contribution in [2.75, 3.05) is 26.4 Å². The standard InChI is InChI=1S/C44H74O14P2/c1-3-5-7-8-9-10-11-12-13-14-18-21-24-27-30-34-43(47)54-38-42(39-57-60(52,53)56-37-41(46)36-55-59(49,50)51)58-44(48)35-31-28-25-22-19-16-15-17-20-23-26-29-33-40(45)32-6-4-2/h6,10-13,15-16,20,22-23,25-26,29,32,40-42,45-46H,3-5,7-9,14,17-19,21,24,27-28,30-31,33-39H2,1-2H3,(H,52,53)(H2,49,50,51)/b11-10-,13-12-,16-15-,23-20-,25-22-,29-26+,32-6-/t40?,41-,42+/m0/s1. The molecular weight excluding hydrogens is 814 g/mol. The number of aliphatic hydroxyl groups is 2. The van der Waals surface area contributed by atoms with Crippen LogP contribution >= 0.6 is 15.6 Å². The highest BCUT2D eigenvalue weighted by molar-refractivity contribution is 7.47. The summed E-state index contributed by atoms with van der Waals surface area (Å²) in [4.78, 5) is 52.6. The van der Waals surface area contributed by atoms with Gasteiger partial charge in [-0.05, 0) is 70.6 Å². The first-order chi connectivity index (χ1) is 28.8. The summed E-state index contributed by atoms with van der Waals surface area (Å²) in [5, 5.41) is 19.5.